The highest BCUT2D eigenvalue weighted by Crippen LogP contribution is 2.22. The lowest BCUT2D eigenvalue weighted by molar-refractivity contribution is 0.102. The molecule has 0 spiro atoms. The van der Waals surface area contributed by atoms with Crippen molar-refractivity contribution in [3.8, 4) is 11.3 Å². The van der Waals surface area contributed by atoms with E-state index in [1.54, 1.807) is 18.2 Å². The zero-order valence-corrected chi connectivity index (χ0v) is 10.7. The molecule has 0 aliphatic heterocycles. The van der Waals surface area contributed by atoms with Crippen LogP contribution in [0.1, 0.15) is 16.3 Å². The van der Waals surface area contributed by atoms with Crippen LogP contribution >= 0.6 is 0 Å². The minimum Gasteiger partial charge on any atom is -0.461 e. The molecule has 0 amide bonds. The standard InChI is InChI=1S/C17H12O3/c18-15(17-7-4-12-19-17)10-8-14-9-11-16(20-14)13-5-2-1-3-6-13/h1-12H/b10-8+. The molecule has 0 fully saturated rings. The maximum atomic E-state index is 11.7. The molecular formula is C17H12O3. The molecule has 1 aromatic carbocycles. The van der Waals surface area contributed by atoms with Crippen LogP contribution < -0.4 is 0 Å². The number of benzene rings is 1. The minimum atomic E-state index is -0.187. The number of allylic oxidation sites excluding steroid dienone is 1. The Morgan fingerprint density at radius 1 is 0.950 bits per heavy atom. The molecule has 3 aromatic rings. The zero-order chi connectivity index (χ0) is 13.8. The van der Waals surface area contributed by atoms with Gasteiger partial charge < -0.3 is 8.83 Å². The summed E-state index contributed by atoms with van der Waals surface area (Å²) in [6.07, 6.45) is 4.55. The van der Waals surface area contributed by atoms with E-state index in [2.05, 4.69) is 0 Å². The molecule has 98 valence electrons. The van der Waals surface area contributed by atoms with Gasteiger partial charge in [-0.15, -0.1) is 0 Å². The molecule has 3 nitrogen and oxygen atoms in total. The van der Waals surface area contributed by atoms with Crippen LogP contribution in [0.25, 0.3) is 17.4 Å². The Kier molecular flexibility index (Phi) is 3.33. The molecule has 2 heterocycles. The Morgan fingerprint density at radius 2 is 1.80 bits per heavy atom. The number of hydrogen-bond acceptors (Lipinski definition) is 3. The molecule has 2 aromatic heterocycles. The van der Waals surface area contributed by atoms with Gasteiger partial charge in [0, 0.05) is 5.56 Å². The maximum Gasteiger partial charge on any atom is 0.221 e. The lowest BCUT2D eigenvalue weighted by Crippen LogP contribution is -1.89. The third-order valence-corrected chi connectivity index (χ3v) is 2.85. The molecule has 0 unspecified atom stereocenters. The summed E-state index contributed by atoms with van der Waals surface area (Å²) in [6.45, 7) is 0. The highest BCUT2D eigenvalue weighted by atomic mass is 16.3. The fraction of sp³-hybridized carbons (Fsp3) is 0. The number of ketones is 1. The topological polar surface area (TPSA) is 43.4 Å². The smallest absolute Gasteiger partial charge is 0.221 e. The van der Waals surface area contributed by atoms with Crippen molar-refractivity contribution in [2.45, 2.75) is 0 Å². The fourth-order valence-electron chi connectivity index (χ4n) is 1.86. The van der Waals surface area contributed by atoms with Gasteiger partial charge in [-0.1, -0.05) is 30.3 Å². The van der Waals surface area contributed by atoms with E-state index < -0.39 is 0 Å². The van der Waals surface area contributed by atoms with Gasteiger partial charge in [-0.3, -0.25) is 4.79 Å². The van der Waals surface area contributed by atoms with Crippen molar-refractivity contribution in [2.24, 2.45) is 0 Å². The highest BCUT2D eigenvalue weighted by molar-refractivity contribution is 6.04. The molecule has 0 saturated heterocycles. The molecule has 3 heteroatoms. The Labute approximate surface area is 116 Å². The summed E-state index contributed by atoms with van der Waals surface area (Å²) >= 11 is 0. The van der Waals surface area contributed by atoms with Gasteiger partial charge in [0.05, 0.1) is 6.26 Å². The summed E-state index contributed by atoms with van der Waals surface area (Å²) in [5.41, 5.74) is 1.00. The number of rotatable bonds is 4. The Balaban J connectivity index is 1.76. The van der Waals surface area contributed by atoms with E-state index >= 15 is 0 Å². The quantitative estimate of drug-likeness (QED) is 0.517. The first-order valence-corrected chi connectivity index (χ1v) is 6.24. The first-order valence-electron chi connectivity index (χ1n) is 6.24. The van der Waals surface area contributed by atoms with Gasteiger partial charge in [0.15, 0.2) is 5.76 Å². The van der Waals surface area contributed by atoms with Gasteiger partial charge in [0.25, 0.3) is 0 Å². The van der Waals surface area contributed by atoms with Crippen LogP contribution in [0.2, 0.25) is 0 Å². The molecule has 3 rings (SSSR count). The van der Waals surface area contributed by atoms with E-state index in [4.69, 9.17) is 8.83 Å². The molecule has 0 radical (unpaired) electrons. The minimum absolute atomic E-state index is 0.187. The predicted molar refractivity (Wildman–Crippen MR) is 76.2 cm³/mol. The lowest BCUT2D eigenvalue weighted by Gasteiger charge is -1.94. The van der Waals surface area contributed by atoms with Crippen LogP contribution in [-0.2, 0) is 0 Å². The van der Waals surface area contributed by atoms with E-state index in [9.17, 15) is 4.79 Å². The fourth-order valence-corrected chi connectivity index (χ4v) is 1.86. The van der Waals surface area contributed by atoms with Crippen LogP contribution in [-0.4, -0.2) is 5.78 Å². The summed E-state index contributed by atoms with van der Waals surface area (Å²) in [4.78, 5) is 11.7. The van der Waals surface area contributed by atoms with Crippen molar-refractivity contribution in [3.05, 3.63) is 78.5 Å². The van der Waals surface area contributed by atoms with Crippen molar-refractivity contribution in [1.82, 2.24) is 0 Å². The van der Waals surface area contributed by atoms with Crippen LogP contribution in [0, 0.1) is 0 Å². The normalized spacial score (nSPS) is 11.0. The second-order valence-electron chi connectivity index (χ2n) is 4.24. The number of carbonyl (C=O) groups is 1. The van der Waals surface area contributed by atoms with Crippen LogP contribution in [0.4, 0.5) is 0 Å². The molecule has 0 N–H and O–H groups in total. The Hall–Kier alpha value is -2.81. The monoisotopic (exact) mass is 264 g/mol. The van der Waals surface area contributed by atoms with Gasteiger partial charge in [-0.25, -0.2) is 0 Å². The summed E-state index contributed by atoms with van der Waals surface area (Å²) in [6, 6.07) is 16.8. The Morgan fingerprint density at radius 3 is 2.55 bits per heavy atom. The molecule has 0 aliphatic carbocycles. The first kappa shape index (κ1) is 12.2. The number of carbonyl (C=O) groups excluding carboxylic acids is 1. The summed E-state index contributed by atoms with van der Waals surface area (Å²) < 4.78 is 10.7. The summed E-state index contributed by atoms with van der Waals surface area (Å²) in [5.74, 6) is 1.53. The van der Waals surface area contributed by atoms with E-state index in [0.717, 1.165) is 11.3 Å². The summed E-state index contributed by atoms with van der Waals surface area (Å²) in [7, 11) is 0. The van der Waals surface area contributed by atoms with Gasteiger partial charge >= 0.3 is 0 Å². The van der Waals surface area contributed by atoms with Crippen molar-refractivity contribution in [1.29, 1.82) is 0 Å². The average molecular weight is 264 g/mol. The van der Waals surface area contributed by atoms with Crippen molar-refractivity contribution >= 4 is 11.9 Å². The molecule has 0 atom stereocenters. The number of furan rings is 2. The van der Waals surface area contributed by atoms with Crippen LogP contribution in [0.5, 0.6) is 0 Å². The van der Waals surface area contributed by atoms with Crippen LogP contribution in [0.15, 0.2) is 75.8 Å². The third-order valence-electron chi connectivity index (χ3n) is 2.85. The predicted octanol–water partition coefficient (Wildman–Crippen LogP) is 4.44. The molecular weight excluding hydrogens is 252 g/mol. The van der Waals surface area contributed by atoms with Gasteiger partial charge in [-0.05, 0) is 36.4 Å². The van der Waals surface area contributed by atoms with E-state index in [1.807, 2.05) is 42.5 Å². The zero-order valence-electron chi connectivity index (χ0n) is 10.7. The van der Waals surface area contributed by atoms with Gasteiger partial charge in [-0.2, -0.15) is 0 Å². The van der Waals surface area contributed by atoms with E-state index in [0.29, 0.717) is 11.5 Å². The Bertz CT molecular complexity index is 719. The molecule has 0 aliphatic rings. The second-order valence-corrected chi connectivity index (χ2v) is 4.24. The number of hydrogen-bond donors (Lipinski definition) is 0. The van der Waals surface area contributed by atoms with Crippen molar-refractivity contribution < 1.29 is 13.6 Å². The molecule has 0 saturated carbocycles. The van der Waals surface area contributed by atoms with Crippen molar-refractivity contribution in [3.63, 3.8) is 0 Å². The lowest BCUT2D eigenvalue weighted by atomic mass is 10.2. The molecule has 0 bridgehead atoms. The highest BCUT2D eigenvalue weighted by Gasteiger charge is 2.05. The summed E-state index contributed by atoms with van der Waals surface area (Å²) in [5, 5.41) is 0. The van der Waals surface area contributed by atoms with Gasteiger partial charge in [0.1, 0.15) is 11.5 Å². The third kappa shape index (κ3) is 2.62. The van der Waals surface area contributed by atoms with Crippen LogP contribution in [0.3, 0.4) is 0 Å². The van der Waals surface area contributed by atoms with Gasteiger partial charge in [0.2, 0.25) is 5.78 Å². The van der Waals surface area contributed by atoms with E-state index in [1.165, 1.54) is 12.3 Å². The van der Waals surface area contributed by atoms with Crippen molar-refractivity contribution in [2.75, 3.05) is 0 Å². The molecule has 20 heavy (non-hydrogen) atoms. The van der Waals surface area contributed by atoms with E-state index in [-0.39, 0.29) is 5.78 Å². The maximum absolute atomic E-state index is 11.7. The second kappa shape index (κ2) is 5.45. The average Bonchev–Trinajstić information content (AvgIpc) is 3.17. The SMILES string of the molecule is O=C(/C=C/c1ccc(-c2ccccc2)o1)c1ccco1. The largest absolute Gasteiger partial charge is 0.461 e. The first-order chi connectivity index (χ1) is 9.83.